The smallest absolute Gasteiger partial charge is 0.268 e. The number of halogens is 1. The van der Waals surface area contributed by atoms with Gasteiger partial charge in [-0.15, -0.1) is 0 Å². The minimum Gasteiger partial charge on any atom is -0.493 e. The Bertz CT molecular complexity index is 925. The zero-order valence-electron chi connectivity index (χ0n) is 13.4. The molecule has 0 bridgehead atoms. The zero-order valence-corrected chi connectivity index (χ0v) is 15.0. The first-order valence-electron chi connectivity index (χ1n) is 7.30. The summed E-state index contributed by atoms with van der Waals surface area (Å²) >= 11 is 3.33. The second-order valence-electron chi connectivity index (χ2n) is 4.97. The van der Waals surface area contributed by atoms with Crippen LogP contribution in [-0.2, 0) is 0 Å². The summed E-state index contributed by atoms with van der Waals surface area (Å²) < 4.78 is 11.0. The number of aromatic nitrogens is 1. The Morgan fingerprint density at radius 3 is 2.56 bits per heavy atom. The van der Waals surface area contributed by atoms with E-state index in [0.29, 0.717) is 23.7 Å². The van der Waals surface area contributed by atoms with Gasteiger partial charge in [-0.2, -0.15) is 10.5 Å². The summed E-state index contributed by atoms with van der Waals surface area (Å²) in [5.41, 5.74) is 5.58. The fraction of sp³-hybridized carbons (Fsp3) is 0.235. The van der Waals surface area contributed by atoms with Crippen molar-refractivity contribution in [3.63, 3.8) is 0 Å². The van der Waals surface area contributed by atoms with Crippen LogP contribution < -0.4 is 20.8 Å². The fourth-order valence-electron chi connectivity index (χ4n) is 2.31. The van der Waals surface area contributed by atoms with Crippen LogP contribution in [0.5, 0.6) is 11.5 Å². The lowest BCUT2D eigenvalue weighted by atomic mass is 9.96. The van der Waals surface area contributed by atoms with Crippen LogP contribution in [0, 0.1) is 22.7 Å². The van der Waals surface area contributed by atoms with Crippen molar-refractivity contribution < 1.29 is 9.47 Å². The molecule has 0 unspecified atom stereocenters. The number of methoxy groups -OCH3 is 1. The van der Waals surface area contributed by atoms with Crippen molar-refractivity contribution in [2.24, 2.45) is 0 Å². The average molecular weight is 403 g/mol. The van der Waals surface area contributed by atoms with Gasteiger partial charge in [0.25, 0.3) is 5.56 Å². The molecule has 0 aliphatic heterocycles. The van der Waals surface area contributed by atoms with Crippen molar-refractivity contribution >= 4 is 21.7 Å². The summed E-state index contributed by atoms with van der Waals surface area (Å²) in [5, 5.41) is 19.5. The van der Waals surface area contributed by atoms with E-state index in [-0.39, 0.29) is 22.5 Å². The first kappa shape index (κ1) is 18.4. The van der Waals surface area contributed by atoms with Gasteiger partial charge in [-0.1, -0.05) is 22.0 Å². The highest BCUT2D eigenvalue weighted by Gasteiger charge is 2.19. The summed E-state index contributed by atoms with van der Waals surface area (Å²) in [6, 6.07) is 8.70. The lowest BCUT2D eigenvalue weighted by molar-refractivity contribution is 0.295. The predicted octanol–water partition coefficient (Wildman–Crippen LogP) is 2.54. The minimum atomic E-state index is -0.648. The number of nitrogens with one attached hydrogen (secondary N) is 1. The van der Waals surface area contributed by atoms with Crippen LogP contribution >= 0.6 is 15.9 Å². The number of nitrogens with two attached hydrogens (primary N) is 1. The van der Waals surface area contributed by atoms with Gasteiger partial charge in [0.15, 0.2) is 11.5 Å². The topological polar surface area (TPSA) is 125 Å². The Morgan fingerprint density at radius 2 is 1.96 bits per heavy atom. The van der Waals surface area contributed by atoms with Crippen LogP contribution in [0.15, 0.2) is 23.0 Å². The predicted molar refractivity (Wildman–Crippen MR) is 96.8 cm³/mol. The molecule has 8 heteroatoms. The maximum Gasteiger partial charge on any atom is 0.268 e. The van der Waals surface area contributed by atoms with Gasteiger partial charge in [0.05, 0.1) is 13.7 Å². The SMILES string of the molecule is COc1cc(-c2c(C#N)c(N)[nH]c(=O)c2C#N)ccc1OCCCBr. The van der Waals surface area contributed by atoms with Gasteiger partial charge in [-0.25, -0.2) is 0 Å². The molecule has 0 aliphatic carbocycles. The number of aromatic amines is 1. The summed E-state index contributed by atoms with van der Waals surface area (Å²) in [7, 11) is 1.49. The van der Waals surface area contributed by atoms with Crippen LogP contribution in [0.25, 0.3) is 11.1 Å². The lowest BCUT2D eigenvalue weighted by Gasteiger charge is -2.13. The van der Waals surface area contributed by atoms with E-state index in [4.69, 9.17) is 15.2 Å². The third-order valence-corrected chi connectivity index (χ3v) is 4.02. The monoisotopic (exact) mass is 402 g/mol. The quantitative estimate of drug-likeness (QED) is 0.564. The number of hydrogen-bond acceptors (Lipinski definition) is 6. The standard InChI is InChI=1S/C17H15BrN4O3/c1-24-14-7-10(3-4-13(14)25-6-2-5-18)15-11(8-19)16(21)22-17(23)12(15)9-20/h3-4,7H,2,5-6H2,1H3,(H3,21,22,23). The number of hydrogen-bond donors (Lipinski definition) is 2. The number of alkyl halides is 1. The van der Waals surface area contributed by atoms with Crippen LogP contribution in [-0.4, -0.2) is 24.0 Å². The van der Waals surface area contributed by atoms with Gasteiger partial charge in [0, 0.05) is 10.9 Å². The Hall–Kier alpha value is -2.97. The van der Waals surface area contributed by atoms with E-state index in [1.807, 2.05) is 12.1 Å². The van der Waals surface area contributed by atoms with Crippen LogP contribution in [0.2, 0.25) is 0 Å². The molecule has 0 saturated carbocycles. The van der Waals surface area contributed by atoms with E-state index in [1.165, 1.54) is 7.11 Å². The van der Waals surface area contributed by atoms with Gasteiger partial charge in [-0.3, -0.25) is 4.79 Å². The molecule has 0 aliphatic rings. The van der Waals surface area contributed by atoms with E-state index in [1.54, 1.807) is 18.2 Å². The molecule has 7 nitrogen and oxygen atoms in total. The Balaban J connectivity index is 2.62. The number of nitrogens with zero attached hydrogens (tertiary/aromatic N) is 2. The molecular weight excluding hydrogens is 388 g/mol. The third-order valence-electron chi connectivity index (χ3n) is 3.46. The van der Waals surface area contributed by atoms with E-state index in [9.17, 15) is 15.3 Å². The number of rotatable bonds is 6. The Labute approximate surface area is 152 Å². The molecule has 2 aromatic rings. The van der Waals surface area contributed by atoms with Crippen molar-refractivity contribution in [1.29, 1.82) is 10.5 Å². The molecule has 0 atom stereocenters. The second-order valence-corrected chi connectivity index (χ2v) is 5.77. The van der Waals surface area contributed by atoms with Crippen molar-refractivity contribution in [2.75, 3.05) is 24.8 Å². The van der Waals surface area contributed by atoms with Gasteiger partial charge in [0.2, 0.25) is 0 Å². The lowest BCUT2D eigenvalue weighted by Crippen LogP contribution is -2.16. The second kappa shape index (κ2) is 8.22. The summed E-state index contributed by atoms with van der Waals surface area (Å²) in [6.45, 7) is 0.506. The van der Waals surface area contributed by atoms with E-state index < -0.39 is 5.56 Å². The first-order valence-corrected chi connectivity index (χ1v) is 8.42. The maximum atomic E-state index is 12.0. The van der Waals surface area contributed by atoms with Crippen molar-refractivity contribution in [1.82, 2.24) is 4.98 Å². The maximum absolute atomic E-state index is 12.0. The molecule has 1 aromatic carbocycles. The van der Waals surface area contributed by atoms with Gasteiger partial charge in [0.1, 0.15) is 29.1 Å². The molecule has 0 fully saturated rings. The van der Waals surface area contributed by atoms with Crippen LogP contribution in [0.3, 0.4) is 0 Å². The average Bonchev–Trinajstić information content (AvgIpc) is 2.61. The van der Waals surface area contributed by atoms with E-state index in [0.717, 1.165) is 11.8 Å². The molecule has 0 amide bonds. The first-order chi connectivity index (χ1) is 12.1. The molecule has 0 spiro atoms. The highest BCUT2D eigenvalue weighted by atomic mass is 79.9. The van der Waals surface area contributed by atoms with Crippen molar-refractivity contribution in [3.8, 4) is 34.8 Å². The molecule has 3 N–H and O–H groups in total. The molecular formula is C17H15BrN4O3. The van der Waals surface area contributed by atoms with Gasteiger partial charge >= 0.3 is 0 Å². The molecule has 25 heavy (non-hydrogen) atoms. The van der Waals surface area contributed by atoms with Gasteiger partial charge < -0.3 is 20.2 Å². The normalized spacial score (nSPS) is 9.92. The summed E-state index contributed by atoms with van der Waals surface area (Å²) in [6.07, 6.45) is 0.826. The van der Waals surface area contributed by atoms with E-state index >= 15 is 0 Å². The van der Waals surface area contributed by atoms with Crippen molar-refractivity contribution in [3.05, 3.63) is 39.7 Å². The molecule has 128 valence electrons. The molecule has 2 rings (SSSR count). The highest BCUT2D eigenvalue weighted by molar-refractivity contribution is 9.09. The number of nitrogen functional groups attached to an aromatic ring is 1. The largest absolute Gasteiger partial charge is 0.493 e. The Kier molecular flexibility index (Phi) is 6.04. The summed E-state index contributed by atoms with van der Waals surface area (Å²) in [4.78, 5) is 14.3. The number of anilines is 1. The number of pyridine rings is 1. The Morgan fingerprint density at radius 1 is 1.24 bits per heavy atom. The number of H-pyrrole nitrogens is 1. The molecule has 1 heterocycles. The molecule has 0 saturated heterocycles. The van der Waals surface area contributed by atoms with Crippen LogP contribution in [0.4, 0.5) is 5.82 Å². The fourth-order valence-corrected chi connectivity index (χ4v) is 2.54. The number of nitriles is 2. The summed E-state index contributed by atoms with van der Waals surface area (Å²) in [5.74, 6) is 0.874. The van der Waals surface area contributed by atoms with Gasteiger partial charge in [-0.05, 0) is 24.1 Å². The number of benzene rings is 1. The highest BCUT2D eigenvalue weighted by Crippen LogP contribution is 2.35. The zero-order chi connectivity index (χ0) is 18.4. The van der Waals surface area contributed by atoms with Crippen molar-refractivity contribution in [2.45, 2.75) is 6.42 Å². The van der Waals surface area contributed by atoms with Crippen LogP contribution in [0.1, 0.15) is 17.5 Å². The molecule has 0 radical (unpaired) electrons. The van der Waals surface area contributed by atoms with E-state index in [2.05, 4.69) is 20.9 Å². The number of ether oxygens (including phenoxy) is 2. The minimum absolute atomic E-state index is 0.0335. The molecule has 1 aromatic heterocycles. The third kappa shape index (κ3) is 3.76.